The van der Waals surface area contributed by atoms with Gasteiger partial charge < -0.3 is 4.90 Å². The lowest BCUT2D eigenvalue weighted by Gasteiger charge is -2.45. The van der Waals surface area contributed by atoms with Gasteiger partial charge in [0.2, 0.25) is 0 Å². The van der Waals surface area contributed by atoms with Gasteiger partial charge in [-0.1, -0.05) is 19.3 Å². The molecule has 0 radical (unpaired) electrons. The lowest BCUT2D eigenvalue weighted by molar-refractivity contribution is -0.114. The van der Waals surface area contributed by atoms with Gasteiger partial charge in [0.05, 0.1) is 0 Å². The van der Waals surface area contributed by atoms with Crippen LogP contribution in [0.5, 0.6) is 0 Å². The molecule has 1 heterocycles. The molecule has 2 fully saturated rings. The second-order valence-corrected chi connectivity index (χ2v) is 6.15. The highest BCUT2D eigenvalue weighted by atomic mass is 16.1. The quantitative estimate of drug-likeness (QED) is 0.692. The maximum absolute atomic E-state index is 11.3. The summed E-state index contributed by atoms with van der Waals surface area (Å²) < 4.78 is 0. The fourth-order valence-electron chi connectivity index (χ4n) is 3.90. The van der Waals surface area contributed by atoms with E-state index in [1.54, 1.807) is 0 Å². The summed E-state index contributed by atoms with van der Waals surface area (Å²) in [6.07, 6.45) is 13.6. The number of hydrogen-bond acceptors (Lipinski definition) is 2. The first-order valence-corrected chi connectivity index (χ1v) is 7.26. The molecule has 1 spiro atoms. The minimum Gasteiger partial charge on any atom is -0.375 e. The molecule has 2 heteroatoms. The van der Waals surface area contributed by atoms with Crippen LogP contribution in [-0.2, 0) is 4.79 Å². The molecule has 1 aliphatic heterocycles. The molecule has 0 aromatic carbocycles. The van der Waals surface area contributed by atoms with Crippen molar-refractivity contribution in [1.29, 1.82) is 0 Å². The first-order chi connectivity index (χ1) is 8.27. The second-order valence-electron chi connectivity index (χ2n) is 6.15. The van der Waals surface area contributed by atoms with Crippen LogP contribution in [0.4, 0.5) is 0 Å². The molecule has 17 heavy (non-hydrogen) atoms. The smallest absolute Gasteiger partial charge is 0.157 e. The maximum atomic E-state index is 11.3. The third-order valence-electron chi connectivity index (χ3n) is 5.10. The summed E-state index contributed by atoms with van der Waals surface area (Å²) in [4.78, 5) is 13.8. The number of piperidine rings is 1. The number of carbonyl (C=O) groups is 1. The fraction of sp³-hybridized carbons (Fsp3) is 0.800. The third kappa shape index (κ3) is 2.27. The van der Waals surface area contributed by atoms with Crippen LogP contribution in [-0.4, -0.2) is 23.8 Å². The van der Waals surface area contributed by atoms with E-state index in [1.165, 1.54) is 63.7 Å². The Labute approximate surface area is 104 Å². The molecule has 0 aromatic heterocycles. The first-order valence-electron chi connectivity index (χ1n) is 7.26. The minimum atomic E-state index is 0.331. The standard InChI is InChI=1S/C15H23NO/c17-14-5-4-13(12-14)16-10-8-15(9-11-16)6-2-1-3-7-15/h12H,1-11H2. The van der Waals surface area contributed by atoms with Gasteiger partial charge in [0.25, 0.3) is 0 Å². The Morgan fingerprint density at radius 3 is 2.24 bits per heavy atom. The molecule has 3 rings (SSSR count). The predicted molar refractivity (Wildman–Crippen MR) is 68.6 cm³/mol. The minimum absolute atomic E-state index is 0.331. The molecule has 2 nitrogen and oxygen atoms in total. The normalized spacial score (nSPS) is 28.6. The Morgan fingerprint density at radius 1 is 0.941 bits per heavy atom. The maximum Gasteiger partial charge on any atom is 0.157 e. The molecule has 0 unspecified atom stereocenters. The van der Waals surface area contributed by atoms with Crippen molar-refractivity contribution < 1.29 is 4.79 Å². The van der Waals surface area contributed by atoms with E-state index in [0.29, 0.717) is 11.2 Å². The van der Waals surface area contributed by atoms with Crippen molar-refractivity contribution in [3.05, 3.63) is 11.8 Å². The summed E-state index contributed by atoms with van der Waals surface area (Å²) in [7, 11) is 0. The Bertz CT molecular complexity index is 329. The number of ketones is 1. The molecule has 0 amide bonds. The number of rotatable bonds is 1. The average Bonchev–Trinajstić information content (AvgIpc) is 2.78. The van der Waals surface area contributed by atoms with Crippen LogP contribution >= 0.6 is 0 Å². The van der Waals surface area contributed by atoms with Crippen LogP contribution in [0, 0.1) is 5.41 Å². The molecule has 2 aliphatic carbocycles. The molecule has 0 aromatic rings. The average molecular weight is 233 g/mol. The zero-order valence-corrected chi connectivity index (χ0v) is 10.7. The zero-order valence-electron chi connectivity index (χ0n) is 10.7. The van der Waals surface area contributed by atoms with Gasteiger partial charge in [0.1, 0.15) is 0 Å². The monoisotopic (exact) mass is 233 g/mol. The molecule has 94 valence electrons. The highest BCUT2D eigenvalue weighted by molar-refractivity contribution is 5.92. The molecular weight excluding hydrogens is 210 g/mol. The highest BCUT2D eigenvalue weighted by Crippen LogP contribution is 2.45. The predicted octanol–water partition coefficient (Wildman–Crippen LogP) is 3.28. The van der Waals surface area contributed by atoms with Crippen molar-refractivity contribution in [3.63, 3.8) is 0 Å². The number of nitrogens with zero attached hydrogens (tertiary/aromatic N) is 1. The second kappa shape index (κ2) is 4.47. The fourth-order valence-corrected chi connectivity index (χ4v) is 3.90. The third-order valence-corrected chi connectivity index (χ3v) is 5.10. The van der Waals surface area contributed by atoms with Crippen molar-refractivity contribution >= 4 is 5.78 Å². The summed E-state index contributed by atoms with van der Waals surface area (Å²) in [5.74, 6) is 0.331. The van der Waals surface area contributed by atoms with Gasteiger partial charge in [-0.05, 0) is 37.5 Å². The first kappa shape index (κ1) is 11.3. The van der Waals surface area contributed by atoms with E-state index < -0.39 is 0 Å². The van der Waals surface area contributed by atoms with Gasteiger partial charge in [0.15, 0.2) is 5.78 Å². The Kier molecular flexibility index (Phi) is 2.97. The number of hydrogen-bond donors (Lipinski definition) is 0. The van der Waals surface area contributed by atoms with Gasteiger partial charge in [-0.25, -0.2) is 0 Å². The van der Waals surface area contributed by atoms with E-state index in [4.69, 9.17) is 0 Å². The molecule has 0 atom stereocenters. The Hall–Kier alpha value is -0.790. The van der Waals surface area contributed by atoms with E-state index in [2.05, 4.69) is 4.90 Å². The molecule has 0 N–H and O–H groups in total. The van der Waals surface area contributed by atoms with E-state index in [-0.39, 0.29) is 0 Å². The Morgan fingerprint density at radius 2 is 1.65 bits per heavy atom. The van der Waals surface area contributed by atoms with E-state index in [0.717, 1.165) is 12.8 Å². The van der Waals surface area contributed by atoms with E-state index >= 15 is 0 Å². The summed E-state index contributed by atoms with van der Waals surface area (Å²) in [5, 5.41) is 0. The van der Waals surface area contributed by atoms with Crippen molar-refractivity contribution in [3.8, 4) is 0 Å². The molecule has 0 bridgehead atoms. The molecule has 3 aliphatic rings. The SMILES string of the molecule is O=C1C=C(N2CCC3(CCCCC3)CC2)CC1. The van der Waals surface area contributed by atoms with E-state index in [1.807, 2.05) is 6.08 Å². The number of likely N-dealkylation sites (tertiary alicyclic amines) is 1. The van der Waals surface area contributed by atoms with Crippen LogP contribution in [0.3, 0.4) is 0 Å². The largest absolute Gasteiger partial charge is 0.375 e. The summed E-state index contributed by atoms with van der Waals surface area (Å²) in [5.41, 5.74) is 2.00. The van der Waals surface area contributed by atoms with Gasteiger partial charge in [-0.2, -0.15) is 0 Å². The molecule has 1 saturated carbocycles. The van der Waals surface area contributed by atoms with Crippen LogP contribution in [0.1, 0.15) is 57.8 Å². The lowest BCUT2D eigenvalue weighted by atomic mass is 9.68. The van der Waals surface area contributed by atoms with Crippen LogP contribution in [0.25, 0.3) is 0 Å². The van der Waals surface area contributed by atoms with E-state index in [9.17, 15) is 4.79 Å². The Balaban J connectivity index is 1.60. The summed E-state index contributed by atoms with van der Waals surface area (Å²) in [6.45, 7) is 2.39. The van der Waals surface area contributed by atoms with Crippen LogP contribution in [0.15, 0.2) is 11.8 Å². The lowest BCUT2D eigenvalue weighted by Crippen LogP contribution is -2.40. The van der Waals surface area contributed by atoms with Gasteiger partial charge in [-0.3, -0.25) is 4.79 Å². The number of allylic oxidation sites excluding steroid dienone is 2. The van der Waals surface area contributed by atoms with Crippen LogP contribution in [0.2, 0.25) is 0 Å². The topological polar surface area (TPSA) is 20.3 Å². The van der Waals surface area contributed by atoms with Gasteiger partial charge in [0, 0.05) is 31.3 Å². The number of carbonyl (C=O) groups excluding carboxylic acids is 1. The van der Waals surface area contributed by atoms with Gasteiger partial charge in [-0.15, -0.1) is 0 Å². The molecule has 1 saturated heterocycles. The van der Waals surface area contributed by atoms with Crippen molar-refractivity contribution in [1.82, 2.24) is 4.90 Å². The van der Waals surface area contributed by atoms with Crippen molar-refractivity contribution in [2.75, 3.05) is 13.1 Å². The van der Waals surface area contributed by atoms with Crippen molar-refractivity contribution in [2.24, 2.45) is 5.41 Å². The summed E-state index contributed by atoms with van der Waals surface area (Å²) >= 11 is 0. The zero-order chi connectivity index (χ0) is 11.7. The van der Waals surface area contributed by atoms with Gasteiger partial charge >= 0.3 is 0 Å². The molecular formula is C15H23NO. The van der Waals surface area contributed by atoms with Crippen LogP contribution < -0.4 is 0 Å². The highest BCUT2D eigenvalue weighted by Gasteiger charge is 2.36. The van der Waals surface area contributed by atoms with Crippen molar-refractivity contribution in [2.45, 2.75) is 57.8 Å². The summed E-state index contributed by atoms with van der Waals surface area (Å²) in [6, 6.07) is 0.